The number of hydrogen-bond acceptors (Lipinski definition) is 5. The topological polar surface area (TPSA) is 80.3 Å². The second-order valence-electron chi connectivity index (χ2n) is 4.75. The summed E-state index contributed by atoms with van der Waals surface area (Å²) in [6, 6.07) is 0. The van der Waals surface area contributed by atoms with Crippen molar-refractivity contribution < 1.29 is 16.8 Å². The highest BCUT2D eigenvalue weighted by Crippen LogP contribution is 2.18. The van der Waals surface area contributed by atoms with Crippen molar-refractivity contribution in [1.29, 1.82) is 0 Å². The molecule has 1 atom stereocenters. The van der Waals surface area contributed by atoms with Crippen molar-refractivity contribution in [3.63, 3.8) is 0 Å². The Morgan fingerprint density at radius 1 is 1.35 bits per heavy atom. The van der Waals surface area contributed by atoms with E-state index in [0.717, 1.165) is 6.42 Å². The molecule has 1 N–H and O–H groups in total. The van der Waals surface area contributed by atoms with Crippen LogP contribution in [0.25, 0.3) is 0 Å². The highest BCUT2D eigenvalue weighted by Gasteiger charge is 2.30. The molecule has 1 rings (SSSR count). The largest absolute Gasteiger partial charge is 0.314 e. The van der Waals surface area contributed by atoms with Crippen LogP contribution in [0.1, 0.15) is 26.7 Å². The molecule has 1 unspecified atom stereocenters. The number of nitrogens with one attached hydrogen (secondary N) is 1. The maximum atomic E-state index is 11.5. The molecule has 0 aliphatic carbocycles. The molecule has 7 heteroatoms. The third-order valence-corrected chi connectivity index (χ3v) is 7.60. The molecule has 17 heavy (non-hydrogen) atoms. The van der Waals surface area contributed by atoms with Crippen LogP contribution in [-0.2, 0) is 19.7 Å². The zero-order valence-electron chi connectivity index (χ0n) is 10.3. The number of sulfone groups is 2. The fourth-order valence-electron chi connectivity index (χ4n) is 1.80. The molecule has 0 aromatic heterocycles. The van der Waals surface area contributed by atoms with E-state index < -0.39 is 19.7 Å². The highest BCUT2D eigenvalue weighted by atomic mass is 32.2. The van der Waals surface area contributed by atoms with Crippen LogP contribution in [0.15, 0.2) is 0 Å². The maximum absolute atomic E-state index is 11.5. The van der Waals surface area contributed by atoms with Gasteiger partial charge in [-0.1, -0.05) is 0 Å². The van der Waals surface area contributed by atoms with Crippen molar-refractivity contribution in [2.24, 2.45) is 0 Å². The van der Waals surface area contributed by atoms with E-state index in [1.807, 2.05) is 0 Å². The van der Waals surface area contributed by atoms with E-state index in [1.54, 1.807) is 13.8 Å². The smallest absolute Gasteiger partial charge is 0.154 e. The van der Waals surface area contributed by atoms with Gasteiger partial charge in [0.25, 0.3) is 0 Å². The Labute approximate surface area is 104 Å². The molecule has 5 nitrogen and oxygen atoms in total. The Morgan fingerprint density at radius 2 is 2.00 bits per heavy atom. The molecule has 1 aliphatic heterocycles. The summed E-state index contributed by atoms with van der Waals surface area (Å²) < 4.78 is 46.0. The SMILES string of the molecule is CC(C)S(=O)(=O)CCNCC1CCCS1(=O)=O. The Morgan fingerprint density at radius 3 is 2.47 bits per heavy atom. The third kappa shape index (κ3) is 4.22. The molecular weight excluding hydrogens is 262 g/mol. The van der Waals surface area contributed by atoms with Gasteiger partial charge in [0.2, 0.25) is 0 Å². The fraction of sp³-hybridized carbons (Fsp3) is 1.00. The molecule has 0 aromatic rings. The van der Waals surface area contributed by atoms with E-state index in [9.17, 15) is 16.8 Å². The van der Waals surface area contributed by atoms with Gasteiger partial charge >= 0.3 is 0 Å². The lowest BCUT2D eigenvalue weighted by Crippen LogP contribution is -2.34. The zero-order chi connectivity index (χ0) is 13.1. The standard InChI is InChI=1S/C10H21NO4S2/c1-9(2)16(12,13)7-5-11-8-10-4-3-6-17(10,14)15/h9-11H,3-8H2,1-2H3. The predicted molar refractivity (Wildman–Crippen MR) is 68.6 cm³/mol. The molecule has 0 bridgehead atoms. The quantitative estimate of drug-likeness (QED) is 0.693. The lowest BCUT2D eigenvalue weighted by atomic mass is 10.2. The van der Waals surface area contributed by atoms with Crippen LogP contribution in [0, 0.1) is 0 Å². The molecule has 1 heterocycles. The Kier molecular flexibility index (Phi) is 4.97. The molecule has 1 fully saturated rings. The Balaban J connectivity index is 2.30. The van der Waals surface area contributed by atoms with E-state index in [-0.39, 0.29) is 22.0 Å². The average molecular weight is 283 g/mol. The number of rotatable bonds is 6. The summed E-state index contributed by atoms with van der Waals surface area (Å²) in [6.07, 6.45) is 1.41. The van der Waals surface area contributed by atoms with Crippen LogP contribution in [0.2, 0.25) is 0 Å². The summed E-state index contributed by atoms with van der Waals surface area (Å²) in [5.74, 6) is 0.334. The van der Waals surface area contributed by atoms with Gasteiger partial charge in [-0.2, -0.15) is 0 Å². The van der Waals surface area contributed by atoms with E-state index in [2.05, 4.69) is 5.32 Å². The van der Waals surface area contributed by atoms with E-state index in [0.29, 0.717) is 19.5 Å². The lowest BCUT2D eigenvalue weighted by Gasteiger charge is -2.11. The van der Waals surface area contributed by atoms with Crippen molar-refractivity contribution in [3.8, 4) is 0 Å². The van der Waals surface area contributed by atoms with Gasteiger partial charge in [-0.15, -0.1) is 0 Å². The van der Waals surface area contributed by atoms with Gasteiger partial charge in [-0.25, -0.2) is 16.8 Å². The van der Waals surface area contributed by atoms with E-state index in [4.69, 9.17) is 0 Å². The fourth-order valence-corrected chi connectivity index (χ4v) is 4.50. The van der Waals surface area contributed by atoms with Crippen molar-refractivity contribution >= 4 is 19.7 Å². The first-order valence-electron chi connectivity index (χ1n) is 5.89. The van der Waals surface area contributed by atoms with Crippen LogP contribution in [0.5, 0.6) is 0 Å². The van der Waals surface area contributed by atoms with Crippen molar-refractivity contribution in [1.82, 2.24) is 5.32 Å². The second kappa shape index (κ2) is 5.67. The van der Waals surface area contributed by atoms with Crippen LogP contribution in [0.4, 0.5) is 0 Å². The highest BCUT2D eigenvalue weighted by molar-refractivity contribution is 7.92. The molecule has 0 radical (unpaired) electrons. The molecule has 0 amide bonds. The van der Waals surface area contributed by atoms with Gasteiger partial charge < -0.3 is 5.32 Å². The first-order valence-corrected chi connectivity index (χ1v) is 9.32. The molecular formula is C10H21NO4S2. The normalized spacial score (nSPS) is 24.3. The van der Waals surface area contributed by atoms with E-state index >= 15 is 0 Å². The van der Waals surface area contributed by atoms with Crippen LogP contribution in [0.3, 0.4) is 0 Å². The summed E-state index contributed by atoms with van der Waals surface area (Å²) in [7, 11) is -5.97. The van der Waals surface area contributed by atoms with Crippen molar-refractivity contribution in [3.05, 3.63) is 0 Å². The first kappa shape index (κ1) is 14.9. The first-order chi connectivity index (χ1) is 7.76. The molecule has 1 aliphatic rings. The summed E-state index contributed by atoms with van der Waals surface area (Å²) in [4.78, 5) is 0. The Hall–Kier alpha value is -0.140. The summed E-state index contributed by atoms with van der Waals surface area (Å²) in [6.45, 7) is 4.00. The van der Waals surface area contributed by atoms with Gasteiger partial charge in [0.1, 0.15) is 0 Å². The summed E-state index contributed by atoms with van der Waals surface area (Å²) in [5, 5.41) is 2.23. The van der Waals surface area contributed by atoms with Crippen LogP contribution < -0.4 is 5.32 Å². The summed E-state index contributed by atoms with van der Waals surface area (Å²) in [5.41, 5.74) is 0. The molecule has 0 spiro atoms. The maximum Gasteiger partial charge on any atom is 0.154 e. The van der Waals surface area contributed by atoms with Gasteiger partial charge in [0.15, 0.2) is 19.7 Å². The molecule has 0 saturated carbocycles. The molecule has 0 aromatic carbocycles. The number of hydrogen-bond donors (Lipinski definition) is 1. The van der Waals surface area contributed by atoms with Gasteiger partial charge in [0, 0.05) is 13.1 Å². The monoisotopic (exact) mass is 283 g/mol. The summed E-state index contributed by atoms with van der Waals surface area (Å²) >= 11 is 0. The zero-order valence-corrected chi connectivity index (χ0v) is 12.0. The minimum atomic E-state index is -3.03. The van der Waals surface area contributed by atoms with Crippen molar-refractivity contribution in [2.75, 3.05) is 24.6 Å². The van der Waals surface area contributed by atoms with E-state index in [1.165, 1.54) is 0 Å². The predicted octanol–water partition coefficient (Wildman–Crippen LogP) is -0.0236. The molecule has 1 saturated heterocycles. The lowest BCUT2D eigenvalue weighted by molar-refractivity contribution is 0.571. The van der Waals surface area contributed by atoms with Crippen LogP contribution >= 0.6 is 0 Å². The second-order valence-corrected chi connectivity index (χ2v) is 9.83. The third-order valence-electron chi connectivity index (χ3n) is 3.12. The van der Waals surface area contributed by atoms with Gasteiger partial charge in [0.05, 0.1) is 22.0 Å². The minimum absolute atomic E-state index is 0.0669. The van der Waals surface area contributed by atoms with Gasteiger partial charge in [-0.05, 0) is 26.7 Å². The van der Waals surface area contributed by atoms with Crippen molar-refractivity contribution in [2.45, 2.75) is 37.2 Å². The Bertz CT molecular complexity index is 439. The average Bonchev–Trinajstić information content (AvgIpc) is 2.52. The molecule has 102 valence electrons. The van der Waals surface area contributed by atoms with Gasteiger partial charge in [-0.3, -0.25) is 0 Å². The minimum Gasteiger partial charge on any atom is -0.314 e. The van der Waals surface area contributed by atoms with Crippen LogP contribution in [-0.4, -0.2) is 51.9 Å².